The van der Waals surface area contributed by atoms with Crippen molar-refractivity contribution in [2.75, 3.05) is 6.54 Å². The first-order chi connectivity index (χ1) is 6.53. The Hall–Kier alpha value is -0.970. The minimum absolute atomic E-state index is 0.0289. The van der Waals surface area contributed by atoms with Crippen LogP contribution in [0.25, 0.3) is 0 Å². The predicted molar refractivity (Wildman–Crippen MR) is 50.9 cm³/mol. The molecular weight excluding hydrogens is 185 g/mol. The van der Waals surface area contributed by atoms with Gasteiger partial charge in [-0.15, -0.1) is 0 Å². The molecule has 0 aromatic heterocycles. The first-order valence-electron chi connectivity index (χ1n) is 4.48. The Bertz CT molecular complexity index is 285. The number of hydrogen-bond acceptors (Lipinski definition) is 3. The number of halogens is 1. The fourth-order valence-electron chi connectivity index (χ4n) is 1.23. The SMILES string of the molecule is CCNC(O)(O)Cc1ccc(F)cc1. The molecule has 0 aliphatic carbocycles. The van der Waals surface area contributed by atoms with E-state index in [0.29, 0.717) is 12.1 Å². The highest BCUT2D eigenvalue weighted by molar-refractivity contribution is 5.17. The zero-order valence-electron chi connectivity index (χ0n) is 8.00. The van der Waals surface area contributed by atoms with Crippen molar-refractivity contribution >= 4 is 0 Å². The van der Waals surface area contributed by atoms with Crippen molar-refractivity contribution in [3.05, 3.63) is 35.6 Å². The molecule has 3 N–H and O–H groups in total. The summed E-state index contributed by atoms with van der Waals surface area (Å²) in [6, 6.07) is 5.62. The van der Waals surface area contributed by atoms with Gasteiger partial charge in [0.15, 0.2) is 0 Å². The predicted octanol–water partition coefficient (Wildman–Crippen LogP) is 0.616. The van der Waals surface area contributed by atoms with Gasteiger partial charge in [0.05, 0.1) is 0 Å². The van der Waals surface area contributed by atoms with E-state index in [4.69, 9.17) is 0 Å². The maximum Gasteiger partial charge on any atom is 0.226 e. The molecule has 0 saturated carbocycles. The molecule has 1 aromatic rings. The summed E-state index contributed by atoms with van der Waals surface area (Å²) < 4.78 is 12.5. The molecule has 0 atom stereocenters. The van der Waals surface area contributed by atoms with Crippen molar-refractivity contribution < 1.29 is 14.6 Å². The molecule has 0 spiro atoms. The van der Waals surface area contributed by atoms with Crippen LogP contribution < -0.4 is 5.32 Å². The van der Waals surface area contributed by atoms with E-state index in [1.807, 2.05) is 0 Å². The fourth-order valence-corrected chi connectivity index (χ4v) is 1.23. The number of benzene rings is 1. The van der Waals surface area contributed by atoms with Gasteiger partial charge >= 0.3 is 0 Å². The molecule has 1 aromatic carbocycles. The monoisotopic (exact) mass is 199 g/mol. The molecule has 14 heavy (non-hydrogen) atoms. The van der Waals surface area contributed by atoms with E-state index in [2.05, 4.69) is 5.32 Å². The van der Waals surface area contributed by atoms with Crippen molar-refractivity contribution in [1.29, 1.82) is 0 Å². The fraction of sp³-hybridized carbons (Fsp3) is 0.400. The van der Waals surface area contributed by atoms with Gasteiger partial charge < -0.3 is 10.2 Å². The Labute approximate surface area is 82.2 Å². The highest BCUT2D eigenvalue weighted by Crippen LogP contribution is 2.09. The van der Waals surface area contributed by atoms with Gasteiger partial charge in [0.25, 0.3) is 0 Å². The summed E-state index contributed by atoms with van der Waals surface area (Å²) in [7, 11) is 0. The quantitative estimate of drug-likeness (QED) is 0.623. The lowest BCUT2D eigenvalue weighted by Crippen LogP contribution is -2.46. The van der Waals surface area contributed by atoms with Crippen LogP contribution in [0.3, 0.4) is 0 Å². The standard InChI is InChI=1S/C10H14FNO2/c1-2-12-10(13,14)7-8-3-5-9(11)6-4-8/h3-6,12-14H,2,7H2,1H3. The Kier molecular flexibility index (Phi) is 3.57. The average Bonchev–Trinajstić information content (AvgIpc) is 2.08. The number of aliphatic hydroxyl groups is 2. The van der Waals surface area contributed by atoms with Crippen molar-refractivity contribution in [1.82, 2.24) is 5.32 Å². The minimum Gasteiger partial charge on any atom is -0.353 e. The molecule has 0 bridgehead atoms. The largest absolute Gasteiger partial charge is 0.353 e. The molecule has 3 nitrogen and oxygen atoms in total. The van der Waals surface area contributed by atoms with Crippen LogP contribution >= 0.6 is 0 Å². The van der Waals surface area contributed by atoms with Crippen LogP contribution in [0.15, 0.2) is 24.3 Å². The van der Waals surface area contributed by atoms with Gasteiger partial charge in [-0.25, -0.2) is 4.39 Å². The van der Waals surface area contributed by atoms with Gasteiger partial charge in [-0.1, -0.05) is 19.1 Å². The average molecular weight is 199 g/mol. The van der Waals surface area contributed by atoms with E-state index in [9.17, 15) is 14.6 Å². The summed E-state index contributed by atoms with van der Waals surface area (Å²) in [5.41, 5.74) is 0.664. The third-order valence-electron chi connectivity index (χ3n) is 1.82. The lowest BCUT2D eigenvalue weighted by molar-refractivity contribution is -0.182. The van der Waals surface area contributed by atoms with Gasteiger partial charge in [-0.2, -0.15) is 0 Å². The van der Waals surface area contributed by atoms with E-state index in [-0.39, 0.29) is 12.2 Å². The van der Waals surface area contributed by atoms with Crippen LogP contribution in [0, 0.1) is 5.82 Å². The summed E-state index contributed by atoms with van der Waals surface area (Å²) in [5.74, 6) is -2.26. The van der Waals surface area contributed by atoms with Crippen molar-refractivity contribution in [3.63, 3.8) is 0 Å². The molecule has 0 heterocycles. The zero-order valence-corrected chi connectivity index (χ0v) is 8.00. The second kappa shape index (κ2) is 4.50. The molecule has 0 unspecified atom stereocenters. The van der Waals surface area contributed by atoms with Crippen LogP contribution in [0.1, 0.15) is 12.5 Å². The van der Waals surface area contributed by atoms with E-state index in [0.717, 1.165) is 0 Å². The highest BCUT2D eigenvalue weighted by Gasteiger charge is 2.21. The Morgan fingerprint density at radius 1 is 1.29 bits per heavy atom. The molecule has 0 fully saturated rings. The van der Waals surface area contributed by atoms with Crippen LogP contribution in [0.2, 0.25) is 0 Å². The minimum atomic E-state index is -1.92. The van der Waals surface area contributed by atoms with Crippen LogP contribution in [-0.4, -0.2) is 22.7 Å². The second-order valence-electron chi connectivity index (χ2n) is 3.15. The van der Waals surface area contributed by atoms with Gasteiger partial charge in [-0.3, -0.25) is 5.32 Å². The molecule has 78 valence electrons. The van der Waals surface area contributed by atoms with E-state index < -0.39 is 5.91 Å². The normalized spacial score (nSPS) is 11.7. The summed E-state index contributed by atoms with van der Waals surface area (Å²) in [6.45, 7) is 2.22. The number of nitrogens with one attached hydrogen (secondary N) is 1. The lowest BCUT2D eigenvalue weighted by atomic mass is 10.1. The summed E-state index contributed by atoms with van der Waals surface area (Å²) in [5, 5.41) is 21.3. The molecular formula is C10H14FNO2. The molecule has 4 heteroatoms. The molecule has 0 aliphatic rings. The first kappa shape index (κ1) is 11.1. The van der Waals surface area contributed by atoms with Crippen molar-refractivity contribution in [3.8, 4) is 0 Å². The molecule has 0 radical (unpaired) electrons. The molecule has 0 amide bonds. The maximum absolute atomic E-state index is 12.5. The van der Waals surface area contributed by atoms with Gasteiger partial charge in [-0.05, 0) is 24.2 Å². The molecule has 0 saturated heterocycles. The third kappa shape index (κ3) is 3.41. The summed E-state index contributed by atoms with van der Waals surface area (Å²) in [4.78, 5) is 0. The topological polar surface area (TPSA) is 52.5 Å². The smallest absolute Gasteiger partial charge is 0.226 e. The Morgan fingerprint density at radius 3 is 2.36 bits per heavy atom. The van der Waals surface area contributed by atoms with Crippen molar-refractivity contribution in [2.24, 2.45) is 0 Å². The summed E-state index contributed by atoms with van der Waals surface area (Å²) in [6.07, 6.45) is 0.0289. The molecule has 0 aliphatic heterocycles. The third-order valence-corrected chi connectivity index (χ3v) is 1.82. The van der Waals surface area contributed by atoms with E-state index in [1.165, 1.54) is 24.3 Å². The van der Waals surface area contributed by atoms with E-state index >= 15 is 0 Å². The van der Waals surface area contributed by atoms with Gasteiger partial charge in [0, 0.05) is 6.42 Å². The van der Waals surface area contributed by atoms with E-state index in [1.54, 1.807) is 6.92 Å². The molecule has 1 rings (SSSR count). The number of likely N-dealkylation sites (N-methyl/N-ethyl adjacent to an activating group) is 1. The number of rotatable bonds is 4. The van der Waals surface area contributed by atoms with Crippen LogP contribution in [0.4, 0.5) is 4.39 Å². The van der Waals surface area contributed by atoms with Crippen LogP contribution in [0.5, 0.6) is 0 Å². The lowest BCUT2D eigenvalue weighted by Gasteiger charge is -2.22. The second-order valence-corrected chi connectivity index (χ2v) is 3.15. The maximum atomic E-state index is 12.5. The summed E-state index contributed by atoms with van der Waals surface area (Å²) >= 11 is 0. The highest BCUT2D eigenvalue weighted by atomic mass is 19.1. The van der Waals surface area contributed by atoms with Crippen LogP contribution in [-0.2, 0) is 6.42 Å². The van der Waals surface area contributed by atoms with Crippen molar-refractivity contribution in [2.45, 2.75) is 19.3 Å². The van der Waals surface area contributed by atoms with Gasteiger partial charge in [0.2, 0.25) is 5.91 Å². The first-order valence-corrected chi connectivity index (χ1v) is 4.48. The Balaban J connectivity index is 2.64. The zero-order chi connectivity index (χ0) is 10.6. The number of hydrogen-bond donors (Lipinski definition) is 3. The van der Waals surface area contributed by atoms with Gasteiger partial charge in [0.1, 0.15) is 5.82 Å². The Morgan fingerprint density at radius 2 is 1.86 bits per heavy atom.